The van der Waals surface area contributed by atoms with Gasteiger partial charge in [-0.2, -0.15) is 0 Å². The summed E-state index contributed by atoms with van der Waals surface area (Å²) >= 11 is 4.57. The van der Waals surface area contributed by atoms with Gasteiger partial charge in [-0.15, -0.1) is 0 Å². The van der Waals surface area contributed by atoms with E-state index in [0.29, 0.717) is 6.54 Å². The second kappa shape index (κ2) is 5.48. The van der Waals surface area contributed by atoms with Crippen molar-refractivity contribution < 1.29 is 0 Å². The molecular weight excluding hydrogens is 302 g/mol. The summed E-state index contributed by atoms with van der Waals surface area (Å²) < 4.78 is 0.903. The lowest BCUT2D eigenvalue weighted by molar-refractivity contribution is 0.681. The van der Waals surface area contributed by atoms with E-state index in [4.69, 9.17) is 5.73 Å². The summed E-state index contributed by atoms with van der Waals surface area (Å²) in [6, 6.07) is 5.83. The van der Waals surface area contributed by atoms with Crippen LogP contribution in [0.4, 0.5) is 5.69 Å². The Morgan fingerprint density at radius 3 is 2.88 bits per heavy atom. The Labute approximate surface area is 111 Å². The van der Waals surface area contributed by atoms with Gasteiger partial charge in [0.2, 0.25) is 0 Å². The molecule has 4 N–H and O–H groups in total. The van der Waals surface area contributed by atoms with E-state index in [-0.39, 0.29) is 4.87 Å². The summed E-state index contributed by atoms with van der Waals surface area (Å²) in [7, 11) is 0. The Morgan fingerprint density at radius 1 is 1.41 bits per heavy atom. The molecule has 6 heteroatoms. The molecule has 0 aliphatic heterocycles. The molecule has 0 unspecified atom stereocenters. The van der Waals surface area contributed by atoms with Crippen LogP contribution in [0.25, 0.3) is 0 Å². The number of aromatic nitrogens is 1. The van der Waals surface area contributed by atoms with Gasteiger partial charge in [0.15, 0.2) is 0 Å². The van der Waals surface area contributed by atoms with Crippen LogP contribution < -0.4 is 15.9 Å². The SMILES string of the molecule is Nc1ccc(CNCc2csc(=O)[nH]2)cc1Br. The average molecular weight is 314 g/mol. The quantitative estimate of drug-likeness (QED) is 0.757. The number of halogens is 1. The number of nitrogens with one attached hydrogen (secondary N) is 2. The molecule has 0 atom stereocenters. The zero-order valence-electron chi connectivity index (χ0n) is 9.00. The van der Waals surface area contributed by atoms with Crippen LogP contribution in [-0.2, 0) is 13.1 Å². The lowest BCUT2D eigenvalue weighted by Crippen LogP contribution is -2.13. The summed E-state index contributed by atoms with van der Waals surface area (Å²) in [6.45, 7) is 1.39. The third-order valence-corrected chi connectivity index (χ3v) is 3.69. The molecule has 2 rings (SSSR count). The van der Waals surface area contributed by atoms with E-state index < -0.39 is 0 Å². The van der Waals surface area contributed by atoms with Gasteiger partial charge in [0, 0.05) is 34.3 Å². The van der Waals surface area contributed by atoms with Crippen LogP contribution in [0.15, 0.2) is 32.8 Å². The maximum atomic E-state index is 10.9. The Bertz CT molecular complexity index is 564. The third kappa shape index (κ3) is 3.42. The second-order valence-corrected chi connectivity index (χ2v) is 5.33. The Balaban J connectivity index is 1.89. The van der Waals surface area contributed by atoms with Crippen LogP contribution in [0.3, 0.4) is 0 Å². The van der Waals surface area contributed by atoms with Gasteiger partial charge in [-0.05, 0) is 33.6 Å². The highest BCUT2D eigenvalue weighted by molar-refractivity contribution is 9.10. The summed E-state index contributed by atoms with van der Waals surface area (Å²) in [5, 5.41) is 5.08. The minimum atomic E-state index is -0.0166. The molecule has 0 fully saturated rings. The van der Waals surface area contributed by atoms with E-state index in [1.807, 2.05) is 23.6 Å². The molecule has 17 heavy (non-hydrogen) atoms. The highest BCUT2D eigenvalue weighted by Gasteiger charge is 1.99. The molecule has 0 spiro atoms. The number of hydrogen-bond acceptors (Lipinski definition) is 4. The number of aromatic amines is 1. The Morgan fingerprint density at radius 2 is 2.24 bits per heavy atom. The first-order valence-electron chi connectivity index (χ1n) is 5.06. The zero-order valence-corrected chi connectivity index (χ0v) is 11.4. The molecule has 4 nitrogen and oxygen atoms in total. The summed E-state index contributed by atoms with van der Waals surface area (Å²) in [4.78, 5) is 13.7. The van der Waals surface area contributed by atoms with Crippen molar-refractivity contribution in [1.29, 1.82) is 0 Å². The number of benzene rings is 1. The van der Waals surface area contributed by atoms with Crippen molar-refractivity contribution in [2.45, 2.75) is 13.1 Å². The number of nitrogen functional groups attached to an aromatic ring is 1. The molecule has 90 valence electrons. The largest absolute Gasteiger partial charge is 0.398 e. The molecule has 0 radical (unpaired) electrons. The molecule has 0 bridgehead atoms. The topological polar surface area (TPSA) is 70.9 Å². The standard InChI is InChI=1S/C11H12BrN3OS/c12-9-3-7(1-2-10(9)13)4-14-5-8-6-17-11(16)15-8/h1-3,6,14H,4-5,13H2,(H,15,16). The number of thiazole rings is 1. The fourth-order valence-electron chi connectivity index (χ4n) is 1.42. The predicted molar refractivity (Wildman–Crippen MR) is 74.0 cm³/mol. The first kappa shape index (κ1) is 12.3. The zero-order chi connectivity index (χ0) is 12.3. The van der Waals surface area contributed by atoms with Gasteiger partial charge in [-0.3, -0.25) is 4.79 Å². The minimum absolute atomic E-state index is 0.0166. The second-order valence-electron chi connectivity index (χ2n) is 3.63. The van der Waals surface area contributed by atoms with Gasteiger partial charge in [0.25, 0.3) is 0 Å². The van der Waals surface area contributed by atoms with Crippen molar-refractivity contribution in [2.24, 2.45) is 0 Å². The molecule has 0 saturated heterocycles. The van der Waals surface area contributed by atoms with Crippen LogP contribution in [-0.4, -0.2) is 4.98 Å². The van der Waals surface area contributed by atoms with Crippen molar-refractivity contribution in [3.8, 4) is 0 Å². The van der Waals surface area contributed by atoms with Crippen molar-refractivity contribution in [3.63, 3.8) is 0 Å². The van der Waals surface area contributed by atoms with E-state index in [1.54, 1.807) is 0 Å². The minimum Gasteiger partial charge on any atom is -0.398 e. The fourth-order valence-corrected chi connectivity index (χ4v) is 2.43. The highest BCUT2D eigenvalue weighted by Crippen LogP contribution is 2.20. The van der Waals surface area contributed by atoms with Gasteiger partial charge in [-0.1, -0.05) is 17.4 Å². The van der Waals surface area contributed by atoms with Gasteiger partial charge in [0.05, 0.1) is 0 Å². The van der Waals surface area contributed by atoms with E-state index in [0.717, 1.165) is 28.0 Å². The molecular formula is C11H12BrN3OS. The molecule has 0 aliphatic rings. The first-order valence-corrected chi connectivity index (χ1v) is 6.74. The Kier molecular flexibility index (Phi) is 3.98. The average Bonchev–Trinajstić information content (AvgIpc) is 2.70. The fraction of sp³-hybridized carbons (Fsp3) is 0.182. The number of rotatable bonds is 4. The molecule has 0 saturated carbocycles. The van der Waals surface area contributed by atoms with E-state index >= 15 is 0 Å². The summed E-state index contributed by atoms with van der Waals surface area (Å²) in [5.41, 5.74) is 8.49. The Hall–Kier alpha value is -1.11. The van der Waals surface area contributed by atoms with E-state index in [1.165, 1.54) is 11.3 Å². The molecule has 1 aromatic heterocycles. The first-order chi connectivity index (χ1) is 8.15. The highest BCUT2D eigenvalue weighted by atomic mass is 79.9. The molecule has 1 aromatic carbocycles. The van der Waals surface area contributed by atoms with Crippen LogP contribution in [0.5, 0.6) is 0 Å². The van der Waals surface area contributed by atoms with Crippen LogP contribution >= 0.6 is 27.3 Å². The van der Waals surface area contributed by atoms with E-state index in [2.05, 4.69) is 26.2 Å². The van der Waals surface area contributed by atoms with Gasteiger partial charge in [-0.25, -0.2) is 0 Å². The van der Waals surface area contributed by atoms with Crippen LogP contribution in [0.2, 0.25) is 0 Å². The normalized spacial score (nSPS) is 10.6. The lowest BCUT2D eigenvalue weighted by atomic mass is 10.2. The number of nitrogens with two attached hydrogens (primary N) is 1. The molecule has 0 amide bonds. The van der Waals surface area contributed by atoms with Crippen LogP contribution in [0.1, 0.15) is 11.3 Å². The monoisotopic (exact) mass is 313 g/mol. The summed E-state index contributed by atoms with van der Waals surface area (Å²) in [5.74, 6) is 0. The van der Waals surface area contributed by atoms with Crippen molar-refractivity contribution in [2.75, 3.05) is 5.73 Å². The van der Waals surface area contributed by atoms with Gasteiger partial charge in [0.1, 0.15) is 0 Å². The predicted octanol–water partition coefficient (Wildman–Crippen LogP) is 2.07. The van der Waals surface area contributed by atoms with Gasteiger partial charge < -0.3 is 16.0 Å². The van der Waals surface area contributed by atoms with Crippen molar-refractivity contribution in [3.05, 3.63) is 49.0 Å². The maximum absolute atomic E-state index is 10.9. The molecule has 1 heterocycles. The molecule has 2 aromatic rings. The van der Waals surface area contributed by atoms with Crippen LogP contribution in [0, 0.1) is 0 Å². The number of hydrogen-bond donors (Lipinski definition) is 3. The summed E-state index contributed by atoms with van der Waals surface area (Å²) in [6.07, 6.45) is 0. The van der Waals surface area contributed by atoms with E-state index in [9.17, 15) is 4.79 Å². The molecule has 0 aliphatic carbocycles. The lowest BCUT2D eigenvalue weighted by Gasteiger charge is -2.05. The maximum Gasteiger partial charge on any atom is 0.304 e. The third-order valence-electron chi connectivity index (χ3n) is 2.28. The van der Waals surface area contributed by atoms with Gasteiger partial charge >= 0.3 is 4.87 Å². The van der Waals surface area contributed by atoms with Crippen molar-refractivity contribution >= 4 is 33.0 Å². The number of anilines is 1. The smallest absolute Gasteiger partial charge is 0.304 e. The van der Waals surface area contributed by atoms with Crippen molar-refractivity contribution in [1.82, 2.24) is 10.3 Å². The number of H-pyrrole nitrogens is 1.